The Labute approximate surface area is 134 Å². The van der Waals surface area contributed by atoms with Crippen LogP contribution in [0, 0.1) is 0 Å². The lowest BCUT2D eigenvalue weighted by molar-refractivity contribution is -0.126. The second-order valence-corrected chi connectivity index (χ2v) is 5.42. The van der Waals surface area contributed by atoms with Gasteiger partial charge in [-0.1, -0.05) is 12.1 Å². The SMILES string of the molecule is COCCN1CC2=C(C1=O)[C@@H](c1cccc(OC)c1)NC(=O)N2. The molecular formula is C16H19N3O4. The number of carbonyl (C=O) groups excluding carboxylic acids is 2. The lowest BCUT2D eigenvalue weighted by atomic mass is 9.96. The van der Waals surface area contributed by atoms with Crippen molar-refractivity contribution in [1.29, 1.82) is 0 Å². The number of nitrogens with zero attached hydrogens (tertiary/aromatic N) is 1. The van der Waals surface area contributed by atoms with E-state index in [0.717, 1.165) is 5.56 Å². The highest BCUT2D eigenvalue weighted by molar-refractivity contribution is 6.01. The van der Waals surface area contributed by atoms with E-state index in [-0.39, 0.29) is 11.9 Å². The van der Waals surface area contributed by atoms with Crippen LogP contribution in [0.25, 0.3) is 0 Å². The van der Waals surface area contributed by atoms with E-state index in [0.29, 0.717) is 36.7 Å². The van der Waals surface area contributed by atoms with Gasteiger partial charge in [0.1, 0.15) is 5.75 Å². The van der Waals surface area contributed by atoms with Gasteiger partial charge in [-0.05, 0) is 17.7 Å². The molecule has 7 nitrogen and oxygen atoms in total. The third kappa shape index (κ3) is 2.87. The third-order valence-electron chi connectivity index (χ3n) is 4.01. The van der Waals surface area contributed by atoms with Crippen molar-refractivity contribution in [3.05, 3.63) is 41.1 Å². The molecule has 2 heterocycles. The highest BCUT2D eigenvalue weighted by atomic mass is 16.5. The zero-order chi connectivity index (χ0) is 16.4. The molecule has 2 aliphatic rings. The molecule has 1 aromatic rings. The van der Waals surface area contributed by atoms with Gasteiger partial charge in [0.25, 0.3) is 5.91 Å². The van der Waals surface area contributed by atoms with E-state index in [1.807, 2.05) is 24.3 Å². The van der Waals surface area contributed by atoms with Crippen molar-refractivity contribution >= 4 is 11.9 Å². The fourth-order valence-electron chi connectivity index (χ4n) is 2.88. The minimum Gasteiger partial charge on any atom is -0.497 e. The Hall–Kier alpha value is -2.54. The molecule has 1 aromatic carbocycles. The summed E-state index contributed by atoms with van der Waals surface area (Å²) in [5.74, 6) is 0.594. The summed E-state index contributed by atoms with van der Waals surface area (Å²) in [6.07, 6.45) is 0. The molecule has 3 rings (SSSR count). The first kappa shape index (κ1) is 15.4. The predicted molar refractivity (Wildman–Crippen MR) is 82.9 cm³/mol. The number of urea groups is 1. The summed E-state index contributed by atoms with van der Waals surface area (Å²) >= 11 is 0. The molecule has 0 unspecified atom stereocenters. The Morgan fingerprint density at radius 2 is 2.13 bits per heavy atom. The molecule has 7 heteroatoms. The molecule has 23 heavy (non-hydrogen) atoms. The topological polar surface area (TPSA) is 79.9 Å². The number of hydrogen-bond donors (Lipinski definition) is 2. The molecule has 122 valence electrons. The van der Waals surface area contributed by atoms with Crippen LogP contribution in [-0.2, 0) is 9.53 Å². The van der Waals surface area contributed by atoms with Gasteiger partial charge < -0.3 is 25.0 Å². The molecule has 0 aromatic heterocycles. The highest BCUT2D eigenvalue weighted by Crippen LogP contribution is 2.33. The standard InChI is InChI=1S/C16H19N3O4/c1-22-7-6-19-9-12-13(15(19)20)14(18-16(21)17-12)10-4-3-5-11(8-10)23-2/h3-5,8,14H,6-7,9H2,1-2H3,(H2,17,18,21)/t14-/m1/s1. The maximum atomic E-state index is 12.7. The van der Waals surface area contributed by atoms with Crippen LogP contribution in [-0.4, -0.2) is 50.8 Å². The van der Waals surface area contributed by atoms with E-state index >= 15 is 0 Å². The number of ether oxygens (including phenoxy) is 2. The minimum absolute atomic E-state index is 0.0858. The molecular weight excluding hydrogens is 298 g/mol. The Morgan fingerprint density at radius 1 is 1.30 bits per heavy atom. The van der Waals surface area contributed by atoms with Gasteiger partial charge in [0.05, 0.1) is 37.6 Å². The number of benzene rings is 1. The minimum atomic E-state index is -0.478. The fourth-order valence-corrected chi connectivity index (χ4v) is 2.88. The lowest BCUT2D eigenvalue weighted by Gasteiger charge is -2.25. The van der Waals surface area contributed by atoms with Crippen LogP contribution in [0.15, 0.2) is 35.5 Å². The smallest absolute Gasteiger partial charge is 0.319 e. The van der Waals surface area contributed by atoms with Gasteiger partial charge in [0, 0.05) is 13.7 Å². The maximum Gasteiger partial charge on any atom is 0.319 e. The summed E-state index contributed by atoms with van der Waals surface area (Å²) in [4.78, 5) is 26.3. The summed E-state index contributed by atoms with van der Waals surface area (Å²) < 4.78 is 10.3. The first-order valence-corrected chi connectivity index (χ1v) is 7.36. The number of hydrogen-bond acceptors (Lipinski definition) is 4. The first-order valence-electron chi connectivity index (χ1n) is 7.36. The second kappa shape index (κ2) is 6.29. The van der Waals surface area contributed by atoms with Gasteiger partial charge in [-0.3, -0.25) is 4.79 Å². The highest BCUT2D eigenvalue weighted by Gasteiger charge is 2.40. The van der Waals surface area contributed by atoms with E-state index < -0.39 is 6.04 Å². The van der Waals surface area contributed by atoms with Gasteiger partial charge in [0.2, 0.25) is 0 Å². The number of rotatable bonds is 5. The predicted octanol–water partition coefficient (Wildman–Crippen LogP) is 0.792. The number of methoxy groups -OCH3 is 2. The molecule has 2 aliphatic heterocycles. The number of carbonyl (C=O) groups is 2. The molecule has 0 radical (unpaired) electrons. The molecule has 1 atom stereocenters. The van der Waals surface area contributed by atoms with Gasteiger partial charge in [-0.2, -0.15) is 0 Å². The second-order valence-electron chi connectivity index (χ2n) is 5.42. The van der Waals surface area contributed by atoms with E-state index in [2.05, 4.69) is 10.6 Å². The summed E-state index contributed by atoms with van der Waals surface area (Å²) in [5.41, 5.74) is 2.05. The summed E-state index contributed by atoms with van der Waals surface area (Å²) in [6.45, 7) is 1.34. The molecule has 2 N–H and O–H groups in total. The van der Waals surface area contributed by atoms with Crippen LogP contribution in [0.3, 0.4) is 0 Å². The quantitative estimate of drug-likeness (QED) is 0.841. The van der Waals surface area contributed by atoms with E-state index in [1.54, 1.807) is 19.1 Å². The molecule has 3 amide bonds. The number of amides is 3. The monoisotopic (exact) mass is 317 g/mol. The van der Waals surface area contributed by atoms with Crippen molar-refractivity contribution in [1.82, 2.24) is 15.5 Å². The van der Waals surface area contributed by atoms with Crippen molar-refractivity contribution in [3.8, 4) is 5.75 Å². The van der Waals surface area contributed by atoms with Crippen molar-refractivity contribution in [2.24, 2.45) is 0 Å². The summed E-state index contributed by atoms with van der Waals surface area (Å²) in [5, 5.41) is 5.56. The molecule has 0 fully saturated rings. The van der Waals surface area contributed by atoms with Gasteiger partial charge in [-0.25, -0.2) is 4.79 Å². The average Bonchev–Trinajstić information content (AvgIpc) is 2.88. The van der Waals surface area contributed by atoms with Gasteiger partial charge in [-0.15, -0.1) is 0 Å². The Kier molecular flexibility index (Phi) is 4.20. The molecule has 0 bridgehead atoms. The number of nitrogens with one attached hydrogen (secondary N) is 2. The van der Waals surface area contributed by atoms with Crippen molar-refractivity contribution in [3.63, 3.8) is 0 Å². The van der Waals surface area contributed by atoms with Gasteiger partial charge >= 0.3 is 6.03 Å². The molecule has 0 spiro atoms. The summed E-state index contributed by atoms with van der Waals surface area (Å²) in [6, 6.07) is 6.57. The molecule has 0 aliphatic carbocycles. The van der Waals surface area contributed by atoms with Crippen LogP contribution in [0.2, 0.25) is 0 Å². The van der Waals surface area contributed by atoms with E-state index in [1.165, 1.54) is 0 Å². The van der Waals surface area contributed by atoms with E-state index in [4.69, 9.17) is 9.47 Å². The third-order valence-corrected chi connectivity index (χ3v) is 4.01. The Bertz CT molecular complexity index is 671. The molecule has 0 saturated carbocycles. The largest absolute Gasteiger partial charge is 0.497 e. The first-order chi connectivity index (χ1) is 11.1. The Morgan fingerprint density at radius 3 is 2.87 bits per heavy atom. The van der Waals surface area contributed by atoms with Crippen molar-refractivity contribution in [2.45, 2.75) is 6.04 Å². The van der Waals surface area contributed by atoms with Gasteiger partial charge in [0.15, 0.2) is 0 Å². The van der Waals surface area contributed by atoms with Crippen LogP contribution >= 0.6 is 0 Å². The Balaban J connectivity index is 1.92. The zero-order valence-corrected chi connectivity index (χ0v) is 13.1. The fraction of sp³-hybridized carbons (Fsp3) is 0.375. The van der Waals surface area contributed by atoms with Crippen molar-refractivity contribution < 1.29 is 19.1 Å². The van der Waals surface area contributed by atoms with Crippen LogP contribution in [0.4, 0.5) is 4.79 Å². The molecule has 0 saturated heterocycles. The van der Waals surface area contributed by atoms with Crippen molar-refractivity contribution in [2.75, 3.05) is 33.9 Å². The maximum absolute atomic E-state index is 12.7. The normalized spacial score (nSPS) is 20.3. The van der Waals surface area contributed by atoms with Crippen LogP contribution < -0.4 is 15.4 Å². The van der Waals surface area contributed by atoms with E-state index in [9.17, 15) is 9.59 Å². The van der Waals surface area contributed by atoms with Crippen LogP contribution in [0.1, 0.15) is 11.6 Å². The van der Waals surface area contributed by atoms with Crippen LogP contribution in [0.5, 0.6) is 5.75 Å². The zero-order valence-electron chi connectivity index (χ0n) is 13.1. The summed E-state index contributed by atoms with van der Waals surface area (Å²) in [7, 11) is 3.17. The average molecular weight is 317 g/mol. The lowest BCUT2D eigenvalue weighted by Crippen LogP contribution is -2.44.